The molecule has 1 N–H and O–H groups in total. The maximum atomic E-state index is 13.2. The van der Waals surface area contributed by atoms with Gasteiger partial charge >= 0.3 is 6.18 Å². The topological polar surface area (TPSA) is 86.8 Å². The van der Waals surface area contributed by atoms with Crippen LogP contribution in [0.4, 0.5) is 13.2 Å². The molecule has 178 valence electrons. The van der Waals surface area contributed by atoms with Gasteiger partial charge in [-0.05, 0) is 44.2 Å². The van der Waals surface area contributed by atoms with Crippen LogP contribution in [0.1, 0.15) is 44.1 Å². The number of nitrogens with one attached hydrogen (secondary N) is 1. The second-order valence-corrected chi connectivity index (χ2v) is 10.1. The summed E-state index contributed by atoms with van der Waals surface area (Å²) < 4.78 is 66.4. The van der Waals surface area contributed by atoms with E-state index in [1.807, 2.05) is 0 Å². The fourth-order valence-electron chi connectivity index (χ4n) is 4.16. The highest BCUT2D eigenvalue weighted by Gasteiger charge is 2.40. The van der Waals surface area contributed by atoms with E-state index >= 15 is 0 Å². The van der Waals surface area contributed by atoms with Gasteiger partial charge in [0.2, 0.25) is 21.8 Å². The van der Waals surface area contributed by atoms with Crippen LogP contribution in [0, 0.1) is 5.92 Å². The van der Waals surface area contributed by atoms with Crippen molar-refractivity contribution in [3.05, 3.63) is 29.8 Å². The first kappa shape index (κ1) is 24.5. The van der Waals surface area contributed by atoms with Crippen molar-refractivity contribution in [3.8, 4) is 0 Å². The first-order valence-corrected chi connectivity index (χ1v) is 12.3. The van der Waals surface area contributed by atoms with Gasteiger partial charge in [0.05, 0.1) is 10.5 Å². The summed E-state index contributed by atoms with van der Waals surface area (Å²) in [5.41, 5.74) is -1.20. The standard InChI is InChI=1S/C21H28F3N3O4S/c22-21(23,24)17-6-2-3-7-18(17)32(30,31)27-14-9-16(10-15-27)20(29)25-11-8-19(28)26-12-4-1-5-13-26/h2-3,6-7,16H,1,4-5,8-15H2,(H,25,29). The van der Waals surface area contributed by atoms with Gasteiger partial charge in [0.15, 0.2) is 0 Å². The van der Waals surface area contributed by atoms with Gasteiger partial charge < -0.3 is 10.2 Å². The monoisotopic (exact) mass is 475 g/mol. The van der Waals surface area contributed by atoms with Crippen molar-refractivity contribution in [1.29, 1.82) is 0 Å². The van der Waals surface area contributed by atoms with Gasteiger partial charge in [0.25, 0.3) is 0 Å². The molecule has 7 nitrogen and oxygen atoms in total. The highest BCUT2D eigenvalue weighted by atomic mass is 32.2. The number of halogens is 3. The van der Waals surface area contributed by atoms with Crippen LogP contribution in [-0.2, 0) is 25.8 Å². The minimum Gasteiger partial charge on any atom is -0.355 e. The molecular weight excluding hydrogens is 447 g/mol. The Morgan fingerprint density at radius 2 is 1.62 bits per heavy atom. The van der Waals surface area contributed by atoms with E-state index in [0.717, 1.165) is 54.9 Å². The van der Waals surface area contributed by atoms with Crippen molar-refractivity contribution in [3.63, 3.8) is 0 Å². The van der Waals surface area contributed by atoms with E-state index in [9.17, 15) is 31.2 Å². The second kappa shape index (κ2) is 10.2. The van der Waals surface area contributed by atoms with Crippen molar-refractivity contribution < 1.29 is 31.2 Å². The fraction of sp³-hybridized carbons (Fsp3) is 0.619. The Labute approximate surface area is 186 Å². The summed E-state index contributed by atoms with van der Waals surface area (Å²) in [5.74, 6) is -0.692. The lowest BCUT2D eigenvalue weighted by Gasteiger charge is -2.31. The van der Waals surface area contributed by atoms with E-state index in [0.29, 0.717) is 0 Å². The Hall–Kier alpha value is -2.14. The van der Waals surface area contributed by atoms with Crippen molar-refractivity contribution in [1.82, 2.24) is 14.5 Å². The summed E-state index contributed by atoms with van der Waals surface area (Å²) in [4.78, 5) is 25.6. The Morgan fingerprint density at radius 3 is 2.25 bits per heavy atom. The molecule has 0 atom stereocenters. The molecule has 2 amide bonds. The zero-order valence-electron chi connectivity index (χ0n) is 17.7. The van der Waals surface area contributed by atoms with E-state index in [-0.39, 0.29) is 50.7 Å². The van der Waals surface area contributed by atoms with E-state index < -0.39 is 32.6 Å². The number of benzene rings is 1. The van der Waals surface area contributed by atoms with Crippen molar-refractivity contribution in [2.24, 2.45) is 5.92 Å². The third-order valence-electron chi connectivity index (χ3n) is 5.98. The molecule has 0 bridgehead atoms. The number of sulfonamides is 1. The highest BCUT2D eigenvalue weighted by Crippen LogP contribution is 2.36. The second-order valence-electron chi connectivity index (χ2n) is 8.15. The molecule has 0 aromatic heterocycles. The van der Waals surface area contributed by atoms with Gasteiger partial charge in [0.1, 0.15) is 0 Å². The molecule has 2 aliphatic heterocycles. The van der Waals surface area contributed by atoms with E-state index in [1.165, 1.54) is 6.07 Å². The SMILES string of the molecule is O=C(NCCC(=O)N1CCCCC1)C1CCN(S(=O)(=O)c2ccccc2C(F)(F)F)CC1. The lowest BCUT2D eigenvalue weighted by molar-refractivity contribution is -0.140. The van der Waals surface area contributed by atoms with Crippen molar-refractivity contribution in [2.45, 2.75) is 49.6 Å². The zero-order valence-corrected chi connectivity index (χ0v) is 18.6. The number of amides is 2. The minimum absolute atomic E-state index is 0.00856. The van der Waals surface area contributed by atoms with Gasteiger partial charge in [-0.15, -0.1) is 0 Å². The normalized spacial score (nSPS) is 19.0. The summed E-state index contributed by atoms with van der Waals surface area (Å²) in [5, 5.41) is 2.73. The summed E-state index contributed by atoms with van der Waals surface area (Å²) in [6.07, 6.45) is -1.05. The smallest absolute Gasteiger partial charge is 0.355 e. The molecule has 2 aliphatic rings. The van der Waals surface area contributed by atoms with Crippen LogP contribution < -0.4 is 5.32 Å². The van der Waals surface area contributed by atoms with Gasteiger partial charge in [-0.3, -0.25) is 9.59 Å². The van der Waals surface area contributed by atoms with Gasteiger partial charge in [0, 0.05) is 45.1 Å². The molecule has 0 saturated carbocycles. The quantitative estimate of drug-likeness (QED) is 0.685. The highest BCUT2D eigenvalue weighted by molar-refractivity contribution is 7.89. The minimum atomic E-state index is -4.78. The molecule has 0 radical (unpaired) electrons. The molecular formula is C21H28F3N3O4S. The number of piperidine rings is 2. The van der Waals surface area contributed by atoms with Crippen LogP contribution in [0.2, 0.25) is 0 Å². The van der Waals surface area contributed by atoms with Gasteiger partial charge in [-0.2, -0.15) is 17.5 Å². The maximum absolute atomic E-state index is 13.2. The van der Waals surface area contributed by atoms with Crippen LogP contribution in [0.15, 0.2) is 29.2 Å². The third kappa shape index (κ3) is 5.80. The van der Waals surface area contributed by atoms with Crippen LogP contribution in [-0.4, -0.2) is 62.2 Å². The summed E-state index contributed by atoms with van der Waals surface area (Å²) in [6.45, 7) is 1.62. The Kier molecular flexibility index (Phi) is 7.81. The lowest BCUT2D eigenvalue weighted by atomic mass is 9.97. The molecule has 0 unspecified atom stereocenters. The summed E-state index contributed by atoms with van der Waals surface area (Å²) >= 11 is 0. The number of alkyl halides is 3. The van der Waals surface area contributed by atoms with Gasteiger partial charge in [-0.25, -0.2) is 8.42 Å². The predicted molar refractivity (Wildman–Crippen MR) is 111 cm³/mol. The number of rotatable bonds is 6. The largest absolute Gasteiger partial charge is 0.417 e. The van der Waals surface area contributed by atoms with Crippen LogP contribution >= 0.6 is 0 Å². The van der Waals surface area contributed by atoms with Crippen LogP contribution in [0.5, 0.6) is 0 Å². The first-order valence-electron chi connectivity index (χ1n) is 10.8. The Morgan fingerprint density at radius 1 is 1.00 bits per heavy atom. The molecule has 0 spiro atoms. The van der Waals surface area contributed by atoms with Crippen molar-refractivity contribution >= 4 is 21.8 Å². The van der Waals surface area contributed by atoms with E-state index in [4.69, 9.17) is 0 Å². The van der Waals surface area contributed by atoms with E-state index in [1.54, 1.807) is 4.90 Å². The Bertz CT molecular complexity index is 922. The molecule has 2 saturated heterocycles. The van der Waals surface area contributed by atoms with Gasteiger partial charge in [-0.1, -0.05) is 12.1 Å². The lowest BCUT2D eigenvalue weighted by Crippen LogP contribution is -2.44. The number of likely N-dealkylation sites (tertiary alicyclic amines) is 1. The molecule has 11 heteroatoms. The first-order chi connectivity index (χ1) is 15.1. The number of carbonyl (C=O) groups excluding carboxylic acids is 2. The number of carbonyl (C=O) groups is 2. The molecule has 2 heterocycles. The number of hydrogen-bond donors (Lipinski definition) is 1. The maximum Gasteiger partial charge on any atom is 0.417 e. The molecule has 0 aliphatic carbocycles. The third-order valence-corrected chi connectivity index (χ3v) is 7.94. The summed E-state index contributed by atoms with van der Waals surface area (Å²) in [6, 6.07) is 4.11. The predicted octanol–water partition coefficient (Wildman–Crippen LogP) is 2.62. The number of nitrogens with zero attached hydrogens (tertiary/aromatic N) is 2. The molecule has 2 fully saturated rings. The average molecular weight is 476 g/mol. The molecule has 32 heavy (non-hydrogen) atoms. The average Bonchev–Trinajstić information content (AvgIpc) is 2.79. The molecule has 3 rings (SSSR count). The van der Waals surface area contributed by atoms with E-state index in [2.05, 4.69) is 5.32 Å². The molecule has 1 aromatic rings. The molecule has 1 aromatic carbocycles. The zero-order chi connectivity index (χ0) is 23.4. The fourth-order valence-corrected chi connectivity index (χ4v) is 5.84. The summed E-state index contributed by atoms with van der Waals surface area (Å²) in [7, 11) is -4.33. The van der Waals surface area contributed by atoms with Crippen LogP contribution in [0.3, 0.4) is 0 Å². The van der Waals surface area contributed by atoms with Crippen molar-refractivity contribution in [2.75, 3.05) is 32.7 Å². The Balaban J connectivity index is 1.51. The van der Waals surface area contributed by atoms with Crippen LogP contribution in [0.25, 0.3) is 0 Å². The number of hydrogen-bond acceptors (Lipinski definition) is 4.